The molecule has 6 nitrogen and oxygen atoms in total. The summed E-state index contributed by atoms with van der Waals surface area (Å²) in [5.74, 6) is 0.955. The molecule has 2 rings (SSSR count). The van der Waals surface area contributed by atoms with Crippen LogP contribution in [-0.4, -0.2) is 77.3 Å². The van der Waals surface area contributed by atoms with Crippen molar-refractivity contribution in [2.75, 3.05) is 45.1 Å². The van der Waals surface area contributed by atoms with E-state index in [-0.39, 0.29) is 23.9 Å². The SMILES string of the molecule is O=C(CCN1CCSC1=O)N1CCC(OCCO)CC1. The van der Waals surface area contributed by atoms with Crippen LogP contribution in [0.15, 0.2) is 0 Å². The van der Waals surface area contributed by atoms with Crippen molar-refractivity contribution in [3.8, 4) is 0 Å². The van der Waals surface area contributed by atoms with E-state index in [4.69, 9.17) is 9.84 Å². The van der Waals surface area contributed by atoms with Crippen LogP contribution >= 0.6 is 11.8 Å². The Bertz CT molecular complexity index is 345. The number of likely N-dealkylation sites (tertiary alicyclic amines) is 1. The van der Waals surface area contributed by atoms with Crippen molar-refractivity contribution in [1.82, 2.24) is 9.80 Å². The number of carbonyl (C=O) groups excluding carboxylic acids is 2. The van der Waals surface area contributed by atoms with Crippen LogP contribution in [0, 0.1) is 0 Å². The third-order valence-corrected chi connectivity index (χ3v) is 4.57. The van der Waals surface area contributed by atoms with Crippen LogP contribution in [-0.2, 0) is 9.53 Å². The van der Waals surface area contributed by atoms with Crippen molar-refractivity contribution >= 4 is 22.9 Å². The summed E-state index contributed by atoms with van der Waals surface area (Å²) in [6, 6.07) is 0. The number of hydrogen-bond acceptors (Lipinski definition) is 5. The molecular formula is C13H22N2O4S. The Morgan fingerprint density at radius 2 is 2.10 bits per heavy atom. The van der Waals surface area contributed by atoms with Crippen molar-refractivity contribution in [1.29, 1.82) is 0 Å². The molecule has 0 bridgehead atoms. The minimum Gasteiger partial charge on any atom is -0.394 e. The highest BCUT2D eigenvalue weighted by atomic mass is 32.2. The van der Waals surface area contributed by atoms with Crippen molar-refractivity contribution < 1.29 is 19.4 Å². The Morgan fingerprint density at radius 1 is 1.35 bits per heavy atom. The normalized spacial score (nSPS) is 20.8. The Balaban J connectivity index is 1.65. The minimum atomic E-state index is 0.0427. The van der Waals surface area contributed by atoms with Gasteiger partial charge in [-0.3, -0.25) is 9.59 Å². The Hall–Kier alpha value is -0.790. The summed E-state index contributed by atoms with van der Waals surface area (Å²) in [7, 11) is 0. The molecule has 7 heteroatoms. The van der Waals surface area contributed by atoms with Gasteiger partial charge in [-0.25, -0.2) is 0 Å². The average Bonchev–Trinajstić information content (AvgIpc) is 2.88. The third-order valence-electron chi connectivity index (χ3n) is 3.68. The Morgan fingerprint density at radius 3 is 2.70 bits per heavy atom. The molecule has 2 aliphatic rings. The highest BCUT2D eigenvalue weighted by Crippen LogP contribution is 2.18. The molecule has 0 aliphatic carbocycles. The van der Waals surface area contributed by atoms with Crippen LogP contribution in [0.3, 0.4) is 0 Å². The Labute approximate surface area is 123 Å². The number of ether oxygens (including phenoxy) is 1. The number of amides is 2. The molecule has 2 saturated heterocycles. The van der Waals surface area contributed by atoms with Crippen molar-refractivity contribution in [3.05, 3.63) is 0 Å². The molecule has 2 heterocycles. The fourth-order valence-electron chi connectivity index (χ4n) is 2.51. The van der Waals surface area contributed by atoms with Gasteiger partial charge in [0.2, 0.25) is 5.91 Å². The molecule has 114 valence electrons. The second-order valence-corrected chi connectivity index (χ2v) is 6.07. The highest BCUT2D eigenvalue weighted by molar-refractivity contribution is 8.13. The van der Waals surface area contributed by atoms with E-state index in [0.717, 1.165) is 25.1 Å². The maximum absolute atomic E-state index is 12.1. The number of aliphatic hydroxyl groups is 1. The second-order valence-electron chi connectivity index (χ2n) is 5.03. The number of nitrogens with zero attached hydrogens (tertiary/aromatic N) is 2. The molecule has 1 N–H and O–H groups in total. The first-order valence-electron chi connectivity index (χ1n) is 7.12. The summed E-state index contributed by atoms with van der Waals surface area (Å²) in [5, 5.41) is 8.80. The average molecular weight is 302 g/mol. The summed E-state index contributed by atoms with van der Waals surface area (Å²) in [5.41, 5.74) is 0. The van der Waals surface area contributed by atoms with Crippen LogP contribution in [0.25, 0.3) is 0 Å². The maximum Gasteiger partial charge on any atom is 0.281 e. The topological polar surface area (TPSA) is 70.1 Å². The number of rotatable bonds is 6. The lowest BCUT2D eigenvalue weighted by atomic mass is 10.1. The zero-order chi connectivity index (χ0) is 14.4. The molecule has 0 spiro atoms. The predicted molar refractivity (Wildman–Crippen MR) is 76.7 cm³/mol. The summed E-state index contributed by atoms with van der Waals surface area (Å²) in [6.45, 7) is 3.11. The van der Waals surface area contributed by atoms with Crippen LogP contribution in [0.4, 0.5) is 4.79 Å². The smallest absolute Gasteiger partial charge is 0.281 e. The second kappa shape index (κ2) is 7.85. The van der Waals surface area contributed by atoms with E-state index in [0.29, 0.717) is 32.7 Å². The van der Waals surface area contributed by atoms with Gasteiger partial charge in [-0.2, -0.15) is 0 Å². The van der Waals surface area contributed by atoms with Gasteiger partial charge in [-0.05, 0) is 12.8 Å². The van der Waals surface area contributed by atoms with E-state index in [1.165, 1.54) is 11.8 Å². The summed E-state index contributed by atoms with van der Waals surface area (Å²) >= 11 is 1.33. The molecule has 0 aromatic heterocycles. The third kappa shape index (κ3) is 4.36. The van der Waals surface area contributed by atoms with Crippen LogP contribution in [0.2, 0.25) is 0 Å². The number of hydrogen-bond donors (Lipinski definition) is 1. The monoisotopic (exact) mass is 302 g/mol. The molecule has 0 aromatic carbocycles. The number of carbonyl (C=O) groups is 2. The van der Waals surface area contributed by atoms with Crippen LogP contribution < -0.4 is 0 Å². The molecule has 2 aliphatic heterocycles. The van der Waals surface area contributed by atoms with Gasteiger partial charge in [0.05, 0.1) is 19.3 Å². The van der Waals surface area contributed by atoms with Gasteiger partial charge in [0, 0.05) is 38.4 Å². The van der Waals surface area contributed by atoms with Gasteiger partial charge in [-0.1, -0.05) is 11.8 Å². The maximum atomic E-state index is 12.1. The van der Waals surface area contributed by atoms with Gasteiger partial charge in [0.25, 0.3) is 5.24 Å². The van der Waals surface area contributed by atoms with E-state index in [1.807, 2.05) is 4.90 Å². The summed E-state index contributed by atoms with van der Waals surface area (Å²) in [4.78, 5) is 27.1. The highest BCUT2D eigenvalue weighted by Gasteiger charge is 2.25. The van der Waals surface area contributed by atoms with Crippen LogP contribution in [0.5, 0.6) is 0 Å². The van der Waals surface area contributed by atoms with Crippen molar-refractivity contribution in [3.63, 3.8) is 0 Å². The first kappa shape index (κ1) is 15.6. The zero-order valence-electron chi connectivity index (χ0n) is 11.6. The Kier molecular flexibility index (Phi) is 6.12. The summed E-state index contributed by atoms with van der Waals surface area (Å²) < 4.78 is 5.47. The van der Waals surface area contributed by atoms with Gasteiger partial charge in [0.1, 0.15) is 0 Å². The molecule has 2 amide bonds. The predicted octanol–water partition coefficient (Wildman–Crippen LogP) is 0.545. The number of aliphatic hydroxyl groups excluding tert-OH is 1. The fourth-order valence-corrected chi connectivity index (χ4v) is 3.36. The first-order valence-corrected chi connectivity index (χ1v) is 8.11. The van der Waals surface area contributed by atoms with E-state index in [9.17, 15) is 9.59 Å². The lowest BCUT2D eigenvalue weighted by Crippen LogP contribution is -2.42. The molecule has 0 unspecified atom stereocenters. The van der Waals surface area contributed by atoms with Gasteiger partial charge >= 0.3 is 0 Å². The molecule has 0 atom stereocenters. The van der Waals surface area contributed by atoms with E-state index in [1.54, 1.807) is 4.90 Å². The molecule has 0 aromatic rings. The standard InChI is InChI=1S/C13H22N2O4S/c16-8-9-19-11-1-4-14(5-2-11)12(17)3-6-15-7-10-20-13(15)18/h11,16H,1-10H2. The molecular weight excluding hydrogens is 280 g/mol. The largest absolute Gasteiger partial charge is 0.394 e. The lowest BCUT2D eigenvalue weighted by molar-refractivity contribution is -0.134. The van der Waals surface area contributed by atoms with E-state index in [2.05, 4.69) is 0 Å². The molecule has 20 heavy (non-hydrogen) atoms. The number of piperidine rings is 1. The van der Waals surface area contributed by atoms with Crippen molar-refractivity contribution in [2.24, 2.45) is 0 Å². The van der Waals surface area contributed by atoms with Gasteiger partial charge < -0.3 is 19.6 Å². The minimum absolute atomic E-state index is 0.0427. The fraction of sp³-hybridized carbons (Fsp3) is 0.846. The van der Waals surface area contributed by atoms with Crippen LogP contribution in [0.1, 0.15) is 19.3 Å². The van der Waals surface area contributed by atoms with Crippen molar-refractivity contribution in [2.45, 2.75) is 25.4 Å². The first-order chi connectivity index (χ1) is 9.70. The quantitative estimate of drug-likeness (QED) is 0.776. The van der Waals surface area contributed by atoms with E-state index >= 15 is 0 Å². The lowest BCUT2D eigenvalue weighted by Gasteiger charge is -2.32. The number of thioether (sulfide) groups is 1. The summed E-state index contributed by atoms with van der Waals surface area (Å²) in [6.07, 6.45) is 2.21. The zero-order valence-corrected chi connectivity index (χ0v) is 12.4. The molecule has 2 fully saturated rings. The van der Waals surface area contributed by atoms with Gasteiger partial charge in [0.15, 0.2) is 0 Å². The molecule has 0 radical (unpaired) electrons. The van der Waals surface area contributed by atoms with Gasteiger partial charge in [-0.15, -0.1) is 0 Å². The molecule has 0 saturated carbocycles. The van der Waals surface area contributed by atoms with E-state index < -0.39 is 0 Å².